The Hall–Kier alpha value is -2.24. The smallest absolute Gasteiger partial charge is 0.307 e. The van der Waals surface area contributed by atoms with Crippen molar-refractivity contribution in [2.45, 2.75) is 19.8 Å². The van der Waals surface area contributed by atoms with E-state index in [1.165, 1.54) is 0 Å². The molecule has 0 aliphatic carbocycles. The molecule has 1 aromatic rings. The molecule has 6 nitrogen and oxygen atoms in total. The Balaban J connectivity index is 2.13. The number of carbonyl (C=O) groups excluding carboxylic acids is 2. The minimum absolute atomic E-state index is 0.159. The second kappa shape index (κ2) is 9.63. The van der Waals surface area contributed by atoms with Crippen molar-refractivity contribution in [1.82, 2.24) is 5.32 Å². The highest BCUT2D eigenvalue weighted by molar-refractivity contribution is 5.77. The average Bonchev–Trinajstić information content (AvgIpc) is 2.48. The predicted octanol–water partition coefficient (Wildman–Crippen LogP) is 1.53. The van der Waals surface area contributed by atoms with E-state index in [1.807, 2.05) is 0 Å². The van der Waals surface area contributed by atoms with E-state index in [9.17, 15) is 9.59 Å². The van der Waals surface area contributed by atoms with E-state index in [2.05, 4.69) is 5.32 Å². The van der Waals surface area contributed by atoms with E-state index in [0.717, 1.165) is 5.75 Å². The number of benzene rings is 1. The summed E-state index contributed by atoms with van der Waals surface area (Å²) in [4.78, 5) is 22.6. The SMILES string of the molecule is CCOC(=O)CCNC(=O)CCOc1ccc(OC)cc1. The van der Waals surface area contributed by atoms with Crippen molar-refractivity contribution in [2.75, 3.05) is 26.9 Å². The van der Waals surface area contributed by atoms with Gasteiger partial charge in [-0.1, -0.05) is 0 Å². The summed E-state index contributed by atoms with van der Waals surface area (Å²) >= 11 is 0. The van der Waals surface area contributed by atoms with E-state index in [4.69, 9.17) is 14.2 Å². The zero-order chi connectivity index (χ0) is 15.5. The van der Waals surface area contributed by atoms with E-state index >= 15 is 0 Å². The molecule has 1 N–H and O–H groups in total. The topological polar surface area (TPSA) is 73.9 Å². The number of hydrogen-bond donors (Lipinski definition) is 1. The summed E-state index contributed by atoms with van der Waals surface area (Å²) in [6.07, 6.45) is 0.410. The number of amides is 1. The highest BCUT2D eigenvalue weighted by atomic mass is 16.5. The van der Waals surface area contributed by atoms with Crippen molar-refractivity contribution < 1.29 is 23.8 Å². The molecule has 116 valence electrons. The summed E-state index contributed by atoms with van der Waals surface area (Å²) < 4.78 is 15.2. The molecule has 0 saturated carbocycles. The van der Waals surface area contributed by atoms with Gasteiger partial charge < -0.3 is 19.5 Å². The molecule has 6 heteroatoms. The third kappa shape index (κ3) is 7.20. The normalized spacial score (nSPS) is 9.81. The van der Waals surface area contributed by atoms with Crippen LogP contribution in [-0.4, -0.2) is 38.7 Å². The van der Waals surface area contributed by atoms with Crippen LogP contribution in [0.1, 0.15) is 19.8 Å². The molecule has 0 spiro atoms. The van der Waals surface area contributed by atoms with Crippen LogP contribution in [-0.2, 0) is 14.3 Å². The number of hydrogen-bond acceptors (Lipinski definition) is 5. The van der Waals surface area contributed by atoms with Crippen LogP contribution in [0.3, 0.4) is 0 Å². The second-order valence-electron chi connectivity index (χ2n) is 4.18. The van der Waals surface area contributed by atoms with Crippen LogP contribution in [0.4, 0.5) is 0 Å². The Labute approximate surface area is 124 Å². The molecule has 0 heterocycles. The zero-order valence-electron chi connectivity index (χ0n) is 12.4. The first-order valence-corrected chi connectivity index (χ1v) is 6.85. The van der Waals surface area contributed by atoms with E-state index in [0.29, 0.717) is 12.4 Å². The summed E-state index contributed by atoms with van der Waals surface area (Å²) in [5.74, 6) is 0.953. The number of ether oxygens (including phenoxy) is 3. The summed E-state index contributed by atoms with van der Waals surface area (Å²) in [6, 6.07) is 7.12. The molecule has 0 saturated heterocycles. The van der Waals surface area contributed by atoms with Gasteiger partial charge in [-0.25, -0.2) is 0 Å². The molecule has 0 fully saturated rings. The Morgan fingerprint density at radius 1 is 1.10 bits per heavy atom. The van der Waals surface area contributed by atoms with Gasteiger partial charge in [0, 0.05) is 6.54 Å². The summed E-state index contributed by atoms with van der Waals surface area (Å²) in [5, 5.41) is 2.64. The van der Waals surface area contributed by atoms with Crippen molar-refractivity contribution in [3.8, 4) is 11.5 Å². The summed E-state index contributed by atoms with van der Waals surface area (Å²) in [6.45, 7) is 2.65. The van der Waals surface area contributed by atoms with Gasteiger partial charge in [-0.05, 0) is 31.2 Å². The standard InChI is InChI=1S/C15H21NO5/c1-3-20-15(18)8-10-16-14(17)9-11-21-13-6-4-12(19-2)5-7-13/h4-7H,3,8-11H2,1-2H3,(H,16,17). The van der Waals surface area contributed by atoms with E-state index in [-0.39, 0.29) is 37.9 Å². The van der Waals surface area contributed by atoms with Gasteiger partial charge in [0.2, 0.25) is 5.91 Å². The maximum absolute atomic E-state index is 11.5. The largest absolute Gasteiger partial charge is 0.497 e. The first kappa shape index (κ1) is 16.8. The Morgan fingerprint density at radius 3 is 2.38 bits per heavy atom. The van der Waals surface area contributed by atoms with E-state index in [1.54, 1.807) is 38.3 Å². The predicted molar refractivity (Wildman–Crippen MR) is 77.4 cm³/mol. The first-order chi connectivity index (χ1) is 10.2. The molecule has 1 amide bonds. The summed E-state index contributed by atoms with van der Waals surface area (Å²) in [7, 11) is 1.59. The fourth-order valence-electron chi connectivity index (χ4n) is 1.56. The van der Waals surface area contributed by atoms with Crippen LogP contribution >= 0.6 is 0 Å². The van der Waals surface area contributed by atoms with Crippen LogP contribution in [0.25, 0.3) is 0 Å². The molecule has 1 rings (SSSR count). The Bertz CT molecular complexity index is 444. The van der Waals surface area contributed by atoms with Gasteiger partial charge in [0.1, 0.15) is 11.5 Å². The number of carbonyl (C=O) groups is 2. The molecular formula is C15H21NO5. The summed E-state index contributed by atoms with van der Waals surface area (Å²) in [5.41, 5.74) is 0. The van der Waals surface area contributed by atoms with Crippen molar-refractivity contribution in [1.29, 1.82) is 0 Å². The van der Waals surface area contributed by atoms with Crippen LogP contribution in [0.2, 0.25) is 0 Å². The van der Waals surface area contributed by atoms with Gasteiger partial charge >= 0.3 is 5.97 Å². The molecule has 0 atom stereocenters. The highest BCUT2D eigenvalue weighted by Gasteiger charge is 2.05. The minimum atomic E-state index is -0.313. The van der Waals surface area contributed by atoms with Gasteiger partial charge in [0.05, 0.1) is 33.2 Å². The molecule has 0 aliphatic heterocycles. The van der Waals surface area contributed by atoms with Crippen molar-refractivity contribution >= 4 is 11.9 Å². The van der Waals surface area contributed by atoms with Crippen molar-refractivity contribution in [3.63, 3.8) is 0 Å². The van der Waals surface area contributed by atoms with Crippen molar-refractivity contribution in [2.24, 2.45) is 0 Å². The Kier molecular flexibility index (Phi) is 7.71. The molecule has 0 radical (unpaired) electrons. The quantitative estimate of drug-likeness (QED) is 0.699. The Morgan fingerprint density at radius 2 is 1.76 bits per heavy atom. The number of esters is 1. The van der Waals surface area contributed by atoms with E-state index < -0.39 is 0 Å². The van der Waals surface area contributed by atoms with Gasteiger partial charge in [0.15, 0.2) is 0 Å². The monoisotopic (exact) mass is 295 g/mol. The lowest BCUT2D eigenvalue weighted by atomic mass is 10.3. The van der Waals surface area contributed by atoms with Crippen molar-refractivity contribution in [3.05, 3.63) is 24.3 Å². The average molecular weight is 295 g/mol. The lowest BCUT2D eigenvalue weighted by molar-refractivity contribution is -0.143. The molecule has 0 bridgehead atoms. The third-order valence-electron chi connectivity index (χ3n) is 2.61. The van der Waals surface area contributed by atoms with Crippen LogP contribution in [0.5, 0.6) is 11.5 Å². The minimum Gasteiger partial charge on any atom is -0.497 e. The molecule has 21 heavy (non-hydrogen) atoms. The second-order valence-corrected chi connectivity index (χ2v) is 4.18. The molecular weight excluding hydrogens is 274 g/mol. The third-order valence-corrected chi connectivity index (χ3v) is 2.61. The van der Waals surface area contributed by atoms with Gasteiger partial charge in [-0.15, -0.1) is 0 Å². The maximum Gasteiger partial charge on any atom is 0.307 e. The number of nitrogens with one attached hydrogen (secondary N) is 1. The molecule has 0 aliphatic rings. The van der Waals surface area contributed by atoms with Crippen LogP contribution in [0, 0.1) is 0 Å². The fraction of sp³-hybridized carbons (Fsp3) is 0.467. The van der Waals surface area contributed by atoms with Gasteiger partial charge in [-0.2, -0.15) is 0 Å². The zero-order valence-corrected chi connectivity index (χ0v) is 12.4. The molecule has 0 aromatic heterocycles. The lowest BCUT2D eigenvalue weighted by Crippen LogP contribution is -2.27. The van der Waals surface area contributed by atoms with Crippen LogP contribution < -0.4 is 14.8 Å². The highest BCUT2D eigenvalue weighted by Crippen LogP contribution is 2.16. The fourth-order valence-corrected chi connectivity index (χ4v) is 1.56. The number of rotatable bonds is 9. The first-order valence-electron chi connectivity index (χ1n) is 6.85. The maximum atomic E-state index is 11.5. The van der Waals surface area contributed by atoms with Crippen LogP contribution in [0.15, 0.2) is 24.3 Å². The molecule has 0 unspecified atom stereocenters. The lowest BCUT2D eigenvalue weighted by Gasteiger charge is -2.08. The van der Waals surface area contributed by atoms with Gasteiger partial charge in [-0.3, -0.25) is 9.59 Å². The molecule has 1 aromatic carbocycles. The number of methoxy groups -OCH3 is 1. The van der Waals surface area contributed by atoms with Gasteiger partial charge in [0.25, 0.3) is 0 Å².